The molecule has 1 aromatic carbocycles. The van der Waals surface area contributed by atoms with Crippen molar-refractivity contribution in [2.75, 3.05) is 6.54 Å². The molecule has 1 N–H and O–H groups in total. The van der Waals surface area contributed by atoms with E-state index in [0.29, 0.717) is 21.7 Å². The van der Waals surface area contributed by atoms with E-state index in [9.17, 15) is 18.0 Å². The highest BCUT2D eigenvalue weighted by Crippen LogP contribution is 2.34. The topological polar surface area (TPSA) is 66.8 Å². The van der Waals surface area contributed by atoms with Gasteiger partial charge in [-0.1, -0.05) is 11.6 Å². The quantitative estimate of drug-likeness (QED) is 0.676. The molecule has 0 spiro atoms. The molecule has 0 aliphatic carbocycles. The largest absolute Gasteiger partial charge is 0.449 e. The first kappa shape index (κ1) is 17.8. The zero-order valence-corrected chi connectivity index (χ0v) is 15.2. The number of fused-ring (bicyclic) bond motifs is 2. The van der Waals surface area contributed by atoms with Gasteiger partial charge in [0.2, 0.25) is 5.82 Å². The number of rotatable bonds is 1. The van der Waals surface area contributed by atoms with E-state index in [1.165, 1.54) is 11.1 Å². The highest BCUT2D eigenvalue weighted by atomic mass is 35.5. The van der Waals surface area contributed by atoms with Gasteiger partial charge in [-0.3, -0.25) is 4.79 Å². The van der Waals surface area contributed by atoms with E-state index in [-0.39, 0.29) is 24.8 Å². The van der Waals surface area contributed by atoms with Crippen LogP contribution in [-0.2, 0) is 12.7 Å². The van der Waals surface area contributed by atoms with Gasteiger partial charge in [-0.05, 0) is 31.5 Å². The predicted molar refractivity (Wildman–Crippen MR) is 92.5 cm³/mol. The van der Waals surface area contributed by atoms with Gasteiger partial charge in [0.05, 0.1) is 35.5 Å². The lowest BCUT2D eigenvalue weighted by Crippen LogP contribution is -2.41. The Labute approximate surface area is 157 Å². The van der Waals surface area contributed by atoms with E-state index in [0.717, 1.165) is 10.1 Å². The molecule has 10 heteroatoms. The van der Waals surface area contributed by atoms with Crippen molar-refractivity contribution >= 4 is 28.5 Å². The van der Waals surface area contributed by atoms with Crippen LogP contribution in [0.1, 0.15) is 40.7 Å². The second-order valence-electron chi connectivity index (χ2n) is 6.63. The molecule has 0 radical (unpaired) electrons. The minimum Gasteiger partial charge on any atom is -0.334 e. The van der Waals surface area contributed by atoms with Crippen LogP contribution in [0.3, 0.4) is 0 Å². The molecule has 3 aromatic rings. The minimum atomic E-state index is -4.53. The van der Waals surface area contributed by atoms with Crippen LogP contribution in [0.4, 0.5) is 13.2 Å². The Morgan fingerprint density at radius 2 is 2.11 bits per heavy atom. The summed E-state index contributed by atoms with van der Waals surface area (Å²) in [7, 11) is 0. The summed E-state index contributed by atoms with van der Waals surface area (Å²) in [6, 6.07) is 2.89. The molecule has 27 heavy (non-hydrogen) atoms. The Kier molecular flexibility index (Phi) is 3.95. The fraction of sp³-hybridized carbons (Fsp3) is 0.353. The maximum atomic E-state index is 13.1. The summed E-state index contributed by atoms with van der Waals surface area (Å²) >= 11 is 6.09. The number of carbonyl (C=O) groups is 1. The van der Waals surface area contributed by atoms with Crippen LogP contribution in [0, 0.1) is 6.92 Å². The number of carbonyl (C=O) groups excluding carboxylic acids is 1. The van der Waals surface area contributed by atoms with Crippen molar-refractivity contribution in [1.29, 1.82) is 0 Å². The minimum absolute atomic E-state index is 0.0308. The van der Waals surface area contributed by atoms with Crippen molar-refractivity contribution < 1.29 is 18.0 Å². The van der Waals surface area contributed by atoms with Crippen LogP contribution in [0.5, 0.6) is 0 Å². The van der Waals surface area contributed by atoms with E-state index in [1.54, 1.807) is 26.0 Å². The van der Waals surface area contributed by atoms with Crippen molar-refractivity contribution in [3.63, 3.8) is 0 Å². The number of hydrogen-bond acceptors (Lipinski definition) is 3. The average molecular weight is 398 g/mol. The van der Waals surface area contributed by atoms with Crippen molar-refractivity contribution in [2.24, 2.45) is 0 Å². The van der Waals surface area contributed by atoms with Gasteiger partial charge in [0.15, 0.2) is 5.82 Å². The summed E-state index contributed by atoms with van der Waals surface area (Å²) in [5.74, 6) is -1.19. The molecule has 1 atom stereocenters. The van der Waals surface area contributed by atoms with E-state index in [1.807, 2.05) is 0 Å². The Morgan fingerprint density at radius 3 is 2.81 bits per heavy atom. The number of aromatic amines is 1. The molecule has 4 rings (SSSR count). The highest BCUT2D eigenvalue weighted by molar-refractivity contribution is 6.32. The van der Waals surface area contributed by atoms with Gasteiger partial charge in [0, 0.05) is 11.6 Å². The Bertz CT molecular complexity index is 1050. The molecule has 0 saturated heterocycles. The van der Waals surface area contributed by atoms with Crippen molar-refractivity contribution in [2.45, 2.75) is 32.6 Å². The monoisotopic (exact) mass is 397 g/mol. The van der Waals surface area contributed by atoms with E-state index in [2.05, 4.69) is 15.0 Å². The Balaban J connectivity index is 1.66. The van der Waals surface area contributed by atoms with Crippen LogP contribution < -0.4 is 0 Å². The third-order valence-corrected chi connectivity index (χ3v) is 5.15. The normalized spacial score (nSPS) is 17.4. The first-order valence-electron chi connectivity index (χ1n) is 8.24. The molecule has 2 aromatic heterocycles. The number of alkyl halides is 3. The summed E-state index contributed by atoms with van der Waals surface area (Å²) in [4.78, 5) is 25.2. The van der Waals surface area contributed by atoms with E-state index >= 15 is 0 Å². The lowest BCUT2D eigenvalue weighted by atomic mass is 10.2. The van der Waals surface area contributed by atoms with Crippen LogP contribution in [0.2, 0.25) is 5.02 Å². The van der Waals surface area contributed by atoms with Crippen molar-refractivity contribution in [3.05, 3.63) is 46.3 Å². The summed E-state index contributed by atoms with van der Waals surface area (Å²) in [6.07, 6.45) is -3.37. The van der Waals surface area contributed by atoms with Gasteiger partial charge in [0.1, 0.15) is 0 Å². The second kappa shape index (κ2) is 5.98. The van der Waals surface area contributed by atoms with Gasteiger partial charge < -0.3 is 14.5 Å². The van der Waals surface area contributed by atoms with Crippen LogP contribution in [-0.4, -0.2) is 36.9 Å². The standard InChI is InChI=1S/C17H15ClF3N5O/c1-8-6-25(7-10-5-22-16(26(8)10)17(19,20)21)15(27)14-23-12-4-3-11(18)9(2)13(12)24-14/h3-5,8H,6-7H2,1-2H3,(H,23,24)/t8-/m1/s1. The highest BCUT2D eigenvalue weighted by Gasteiger charge is 2.40. The zero-order chi connectivity index (χ0) is 19.5. The SMILES string of the molecule is Cc1c(Cl)ccc2[nH]c(C(=O)N3Cc4cnc(C(F)(F)F)n4[C@H](C)C3)nc12. The number of imidazole rings is 2. The first-order chi connectivity index (χ1) is 12.7. The third-order valence-electron chi connectivity index (χ3n) is 4.74. The average Bonchev–Trinajstić information content (AvgIpc) is 3.22. The number of benzene rings is 1. The van der Waals surface area contributed by atoms with E-state index in [4.69, 9.17) is 11.6 Å². The molecule has 1 amide bonds. The number of nitrogens with zero attached hydrogens (tertiary/aromatic N) is 4. The molecule has 6 nitrogen and oxygen atoms in total. The lowest BCUT2D eigenvalue weighted by Gasteiger charge is -2.33. The Morgan fingerprint density at radius 1 is 1.37 bits per heavy atom. The number of hydrogen-bond donors (Lipinski definition) is 1. The summed E-state index contributed by atoms with van der Waals surface area (Å²) in [5, 5.41) is 0.545. The number of amides is 1. The molecule has 1 aliphatic rings. The molecular weight excluding hydrogens is 383 g/mol. The summed E-state index contributed by atoms with van der Waals surface area (Å²) in [6.45, 7) is 3.59. The first-order valence-corrected chi connectivity index (χ1v) is 8.62. The number of aryl methyl sites for hydroxylation is 1. The smallest absolute Gasteiger partial charge is 0.334 e. The number of aromatic nitrogens is 4. The lowest BCUT2D eigenvalue weighted by molar-refractivity contribution is -0.148. The summed E-state index contributed by atoms with van der Waals surface area (Å²) < 4.78 is 40.5. The maximum absolute atomic E-state index is 13.1. The number of nitrogens with one attached hydrogen (secondary N) is 1. The molecule has 0 saturated carbocycles. The Hall–Kier alpha value is -2.55. The molecular formula is C17H15ClF3N5O. The fourth-order valence-corrected chi connectivity index (χ4v) is 3.62. The van der Waals surface area contributed by atoms with Crippen molar-refractivity contribution in [1.82, 2.24) is 24.4 Å². The second-order valence-corrected chi connectivity index (χ2v) is 7.04. The van der Waals surface area contributed by atoms with Crippen LogP contribution in [0.15, 0.2) is 18.3 Å². The van der Waals surface area contributed by atoms with E-state index < -0.39 is 18.0 Å². The van der Waals surface area contributed by atoms with Gasteiger partial charge in [-0.25, -0.2) is 9.97 Å². The van der Waals surface area contributed by atoms with Gasteiger partial charge >= 0.3 is 6.18 Å². The molecule has 0 bridgehead atoms. The zero-order valence-electron chi connectivity index (χ0n) is 14.4. The predicted octanol–water partition coefficient (Wildman–Crippen LogP) is 3.96. The van der Waals surface area contributed by atoms with Gasteiger partial charge in [-0.2, -0.15) is 13.2 Å². The molecule has 0 fully saturated rings. The van der Waals surface area contributed by atoms with Crippen LogP contribution in [0.25, 0.3) is 11.0 Å². The molecule has 3 heterocycles. The number of halogens is 4. The molecule has 1 aliphatic heterocycles. The molecule has 142 valence electrons. The third kappa shape index (κ3) is 2.86. The van der Waals surface area contributed by atoms with Crippen molar-refractivity contribution in [3.8, 4) is 0 Å². The summed E-state index contributed by atoms with van der Waals surface area (Å²) in [5.41, 5.74) is 2.36. The van der Waals surface area contributed by atoms with Gasteiger partial charge in [-0.15, -0.1) is 0 Å². The van der Waals surface area contributed by atoms with Crippen LogP contribution >= 0.6 is 11.6 Å². The molecule has 0 unspecified atom stereocenters. The number of H-pyrrole nitrogens is 1. The maximum Gasteiger partial charge on any atom is 0.449 e. The fourth-order valence-electron chi connectivity index (χ4n) is 3.47. The van der Waals surface area contributed by atoms with Gasteiger partial charge in [0.25, 0.3) is 5.91 Å².